The Morgan fingerprint density at radius 2 is 1.63 bits per heavy atom. The largest absolute Gasteiger partial charge is 0.467 e. The van der Waals surface area contributed by atoms with Gasteiger partial charge in [-0.3, -0.25) is 9.59 Å². The second-order valence-corrected chi connectivity index (χ2v) is 6.57. The average Bonchev–Trinajstić information content (AvgIpc) is 3.47. The summed E-state index contributed by atoms with van der Waals surface area (Å²) in [4.78, 5) is 24.9. The monoisotopic (exact) mass is 400 g/mol. The summed E-state index contributed by atoms with van der Waals surface area (Å²) < 4.78 is 6.76. The van der Waals surface area contributed by atoms with E-state index >= 15 is 0 Å². The Labute approximate surface area is 173 Å². The van der Waals surface area contributed by atoms with E-state index in [-0.39, 0.29) is 24.9 Å². The lowest BCUT2D eigenvalue weighted by atomic mass is 10.1. The van der Waals surface area contributed by atoms with Crippen molar-refractivity contribution in [3.05, 3.63) is 96.6 Å². The SMILES string of the molecule is O=C(CNC(=O)c1cc(-c2ccccc2)nn1-c1ccccc1)NCc1ccco1. The molecule has 0 saturated heterocycles. The van der Waals surface area contributed by atoms with Gasteiger partial charge in [0.05, 0.1) is 30.7 Å². The topological polar surface area (TPSA) is 89.2 Å². The maximum Gasteiger partial charge on any atom is 0.270 e. The fraction of sp³-hybridized carbons (Fsp3) is 0.0870. The Kier molecular flexibility index (Phi) is 5.70. The standard InChI is InChI=1S/C23H20N4O3/c28-22(24-15-19-12-7-13-30-19)16-25-23(29)21-14-20(17-8-3-1-4-9-17)26-27(21)18-10-5-2-6-11-18/h1-14H,15-16H2,(H,24,28)(H,25,29). The summed E-state index contributed by atoms with van der Waals surface area (Å²) in [5, 5.41) is 9.97. The van der Waals surface area contributed by atoms with Gasteiger partial charge in [-0.15, -0.1) is 0 Å². The predicted octanol–water partition coefficient (Wildman–Crippen LogP) is 3.18. The number of nitrogens with zero attached hydrogens (tertiary/aromatic N) is 2. The molecule has 7 nitrogen and oxygen atoms in total. The molecule has 4 aromatic rings. The molecule has 2 N–H and O–H groups in total. The number of amides is 2. The number of nitrogens with one attached hydrogen (secondary N) is 2. The van der Waals surface area contributed by atoms with Gasteiger partial charge in [0.2, 0.25) is 5.91 Å². The summed E-state index contributed by atoms with van der Waals surface area (Å²) in [5.41, 5.74) is 2.68. The van der Waals surface area contributed by atoms with Crippen LogP contribution >= 0.6 is 0 Å². The third-order valence-electron chi connectivity index (χ3n) is 4.46. The van der Waals surface area contributed by atoms with E-state index in [9.17, 15) is 9.59 Å². The first-order chi connectivity index (χ1) is 14.7. The number of hydrogen-bond donors (Lipinski definition) is 2. The molecular weight excluding hydrogens is 380 g/mol. The number of benzene rings is 2. The fourth-order valence-corrected chi connectivity index (χ4v) is 2.97. The van der Waals surface area contributed by atoms with Gasteiger partial charge in [-0.1, -0.05) is 48.5 Å². The molecule has 0 radical (unpaired) electrons. The molecule has 4 rings (SSSR count). The van der Waals surface area contributed by atoms with Gasteiger partial charge in [-0.2, -0.15) is 5.10 Å². The molecule has 30 heavy (non-hydrogen) atoms. The van der Waals surface area contributed by atoms with Crippen molar-refractivity contribution in [2.45, 2.75) is 6.54 Å². The molecule has 2 aromatic carbocycles. The molecule has 0 atom stereocenters. The number of carbonyl (C=O) groups excluding carboxylic acids is 2. The Morgan fingerprint density at radius 1 is 0.900 bits per heavy atom. The molecule has 7 heteroatoms. The summed E-state index contributed by atoms with van der Waals surface area (Å²) in [6, 6.07) is 24.2. The number of aromatic nitrogens is 2. The second-order valence-electron chi connectivity index (χ2n) is 6.57. The van der Waals surface area contributed by atoms with Crippen molar-refractivity contribution in [1.82, 2.24) is 20.4 Å². The van der Waals surface area contributed by atoms with Gasteiger partial charge in [0.15, 0.2) is 0 Å². The van der Waals surface area contributed by atoms with Gasteiger partial charge < -0.3 is 15.1 Å². The number of rotatable bonds is 7. The molecule has 0 aliphatic rings. The number of para-hydroxylation sites is 1. The molecule has 0 unspecified atom stereocenters. The average molecular weight is 400 g/mol. The van der Waals surface area contributed by atoms with Crippen LogP contribution in [0.3, 0.4) is 0 Å². The summed E-state index contributed by atoms with van der Waals surface area (Å²) in [6.45, 7) is 0.113. The highest BCUT2D eigenvalue weighted by molar-refractivity contribution is 5.96. The van der Waals surface area contributed by atoms with Crippen LogP contribution in [0.5, 0.6) is 0 Å². The molecule has 2 amide bonds. The molecular formula is C23H20N4O3. The maximum atomic E-state index is 12.9. The molecule has 0 bridgehead atoms. The van der Waals surface area contributed by atoms with Crippen LogP contribution in [0.25, 0.3) is 16.9 Å². The van der Waals surface area contributed by atoms with E-state index in [1.165, 1.54) is 0 Å². The van der Waals surface area contributed by atoms with Crippen LogP contribution in [-0.4, -0.2) is 28.1 Å². The van der Waals surface area contributed by atoms with E-state index in [4.69, 9.17) is 4.42 Å². The van der Waals surface area contributed by atoms with E-state index < -0.39 is 0 Å². The van der Waals surface area contributed by atoms with E-state index in [0.29, 0.717) is 17.1 Å². The van der Waals surface area contributed by atoms with E-state index in [0.717, 1.165) is 11.3 Å². The molecule has 0 fully saturated rings. The van der Waals surface area contributed by atoms with E-state index in [1.807, 2.05) is 60.7 Å². The minimum atomic E-state index is -0.387. The second kappa shape index (κ2) is 8.91. The van der Waals surface area contributed by atoms with Gasteiger partial charge >= 0.3 is 0 Å². The smallest absolute Gasteiger partial charge is 0.270 e. The molecule has 0 aliphatic carbocycles. The van der Waals surface area contributed by atoms with Gasteiger partial charge in [0.25, 0.3) is 5.91 Å². The van der Waals surface area contributed by atoms with Gasteiger partial charge in [0, 0.05) is 5.56 Å². The van der Waals surface area contributed by atoms with Crippen molar-refractivity contribution in [2.24, 2.45) is 0 Å². The van der Waals surface area contributed by atoms with Crippen LogP contribution in [0, 0.1) is 0 Å². The first-order valence-electron chi connectivity index (χ1n) is 9.49. The Bertz CT molecular complexity index is 1120. The molecule has 2 heterocycles. The molecule has 150 valence electrons. The van der Waals surface area contributed by atoms with Crippen molar-refractivity contribution in [1.29, 1.82) is 0 Å². The van der Waals surface area contributed by atoms with Crippen LogP contribution < -0.4 is 10.6 Å². The third-order valence-corrected chi connectivity index (χ3v) is 4.46. The van der Waals surface area contributed by atoms with Crippen LogP contribution in [0.2, 0.25) is 0 Å². The Balaban J connectivity index is 1.50. The molecule has 2 aromatic heterocycles. The minimum absolute atomic E-state index is 0.153. The Morgan fingerprint density at radius 3 is 2.33 bits per heavy atom. The zero-order valence-corrected chi connectivity index (χ0v) is 16.1. The quantitative estimate of drug-likeness (QED) is 0.499. The van der Waals surface area contributed by atoms with E-state index in [2.05, 4.69) is 15.7 Å². The highest BCUT2D eigenvalue weighted by Crippen LogP contribution is 2.21. The summed E-state index contributed by atoms with van der Waals surface area (Å²) in [7, 11) is 0. The first kappa shape index (κ1) is 19.2. The normalized spacial score (nSPS) is 10.5. The van der Waals surface area contributed by atoms with Crippen molar-refractivity contribution in [3.8, 4) is 16.9 Å². The van der Waals surface area contributed by atoms with Gasteiger partial charge in [-0.05, 0) is 30.3 Å². The Hall–Kier alpha value is -4.13. The lowest BCUT2D eigenvalue weighted by Crippen LogP contribution is -2.37. The molecule has 0 saturated carbocycles. The van der Waals surface area contributed by atoms with E-state index in [1.54, 1.807) is 29.1 Å². The van der Waals surface area contributed by atoms with Crippen molar-refractivity contribution in [3.63, 3.8) is 0 Å². The lowest BCUT2D eigenvalue weighted by molar-refractivity contribution is -0.120. The predicted molar refractivity (Wildman–Crippen MR) is 112 cm³/mol. The highest BCUT2D eigenvalue weighted by Gasteiger charge is 2.18. The fourth-order valence-electron chi connectivity index (χ4n) is 2.97. The van der Waals surface area contributed by atoms with Gasteiger partial charge in [-0.25, -0.2) is 4.68 Å². The van der Waals surface area contributed by atoms with Crippen LogP contribution in [0.15, 0.2) is 89.5 Å². The zero-order chi connectivity index (χ0) is 20.8. The summed E-state index contributed by atoms with van der Waals surface area (Å²) in [5.74, 6) is -0.0557. The lowest BCUT2D eigenvalue weighted by Gasteiger charge is -2.08. The summed E-state index contributed by atoms with van der Waals surface area (Å²) >= 11 is 0. The van der Waals surface area contributed by atoms with Crippen molar-refractivity contribution < 1.29 is 14.0 Å². The van der Waals surface area contributed by atoms with Gasteiger partial charge in [0.1, 0.15) is 11.5 Å². The first-order valence-corrected chi connectivity index (χ1v) is 9.49. The molecule has 0 spiro atoms. The maximum absolute atomic E-state index is 12.9. The highest BCUT2D eigenvalue weighted by atomic mass is 16.3. The summed E-state index contributed by atoms with van der Waals surface area (Å²) in [6.07, 6.45) is 1.54. The number of hydrogen-bond acceptors (Lipinski definition) is 4. The number of furan rings is 1. The van der Waals surface area contributed by atoms with Crippen molar-refractivity contribution in [2.75, 3.05) is 6.54 Å². The number of carbonyl (C=O) groups is 2. The zero-order valence-electron chi connectivity index (χ0n) is 16.1. The minimum Gasteiger partial charge on any atom is -0.467 e. The van der Waals surface area contributed by atoms with Crippen LogP contribution in [-0.2, 0) is 11.3 Å². The van der Waals surface area contributed by atoms with Crippen LogP contribution in [0.1, 0.15) is 16.2 Å². The van der Waals surface area contributed by atoms with Crippen molar-refractivity contribution >= 4 is 11.8 Å². The third kappa shape index (κ3) is 4.47. The molecule has 0 aliphatic heterocycles. The van der Waals surface area contributed by atoms with Crippen LogP contribution in [0.4, 0.5) is 0 Å².